The Labute approximate surface area is 97.5 Å². The molecule has 0 aliphatic heterocycles. The molecule has 1 aromatic carbocycles. The second-order valence-corrected chi connectivity index (χ2v) is 4.61. The molecule has 5 heteroatoms. The molecule has 4 nitrogen and oxygen atoms in total. The fourth-order valence-electron chi connectivity index (χ4n) is 1.50. The third-order valence-electron chi connectivity index (χ3n) is 2.29. The van der Waals surface area contributed by atoms with Crippen LogP contribution in [-0.2, 0) is 11.2 Å². The van der Waals surface area contributed by atoms with Crippen molar-refractivity contribution in [2.75, 3.05) is 0 Å². The summed E-state index contributed by atoms with van der Waals surface area (Å²) in [4.78, 5) is 15.4. The molecular weight excluding hydrogens is 222 g/mol. The molecule has 0 saturated carbocycles. The van der Waals surface area contributed by atoms with Gasteiger partial charge in [0.05, 0.1) is 15.2 Å². The van der Waals surface area contributed by atoms with Crippen LogP contribution in [0.4, 0.5) is 0 Å². The van der Waals surface area contributed by atoms with Crippen LogP contribution >= 0.6 is 11.3 Å². The minimum absolute atomic E-state index is 0.124. The summed E-state index contributed by atoms with van der Waals surface area (Å²) in [6.07, 6.45) is 2.06. The van der Waals surface area contributed by atoms with Gasteiger partial charge in [0.1, 0.15) is 0 Å². The minimum Gasteiger partial charge on any atom is -0.294 e. The molecule has 1 amide bonds. The van der Waals surface area contributed by atoms with Crippen molar-refractivity contribution in [3.05, 3.63) is 29.3 Å². The number of rotatable bonds is 4. The lowest BCUT2D eigenvalue weighted by molar-refractivity contribution is -0.121. The van der Waals surface area contributed by atoms with E-state index in [-0.39, 0.29) is 5.91 Å². The van der Waals surface area contributed by atoms with Crippen molar-refractivity contribution in [2.45, 2.75) is 19.3 Å². The molecule has 0 unspecified atom stereocenters. The molecule has 2 rings (SSSR count). The SMILES string of the molecule is NNC(=O)CCCc1nc2ccccc2s1. The van der Waals surface area contributed by atoms with E-state index in [0.717, 1.165) is 23.4 Å². The maximum Gasteiger partial charge on any atom is 0.233 e. The summed E-state index contributed by atoms with van der Waals surface area (Å²) in [5, 5.41) is 1.08. The predicted molar refractivity (Wildman–Crippen MR) is 64.9 cm³/mol. The lowest BCUT2D eigenvalue weighted by atomic mass is 10.2. The van der Waals surface area contributed by atoms with E-state index < -0.39 is 0 Å². The fourth-order valence-corrected chi connectivity index (χ4v) is 2.51. The normalized spacial score (nSPS) is 10.6. The number of aryl methyl sites for hydroxylation is 1. The smallest absolute Gasteiger partial charge is 0.233 e. The van der Waals surface area contributed by atoms with Gasteiger partial charge in [-0.1, -0.05) is 12.1 Å². The first-order chi connectivity index (χ1) is 7.79. The number of benzene rings is 1. The van der Waals surface area contributed by atoms with Crippen molar-refractivity contribution in [3.63, 3.8) is 0 Å². The molecule has 0 fully saturated rings. The van der Waals surface area contributed by atoms with Crippen LogP contribution in [0.1, 0.15) is 17.8 Å². The van der Waals surface area contributed by atoms with E-state index in [9.17, 15) is 4.79 Å². The zero-order valence-electron chi connectivity index (χ0n) is 8.77. The standard InChI is InChI=1S/C11H13N3OS/c12-14-10(15)6-3-7-11-13-8-4-1-2-5-9(8)16-11/h1-2,4-5H,3,6-7,12H2,(H,14,15). The lowest BCUT2D eigenvalue weighted by Crippen LogP contribution is -2.29. The van der Waals surface area contributed by atoms with Crippen LogP contribution < -0.4 is 11.3 Å². The van der Waals surface area contributed by atoms with Crippen molar-refractivity contribution in [1.82, 2.24) is 10.4 Å². The molecule has 0 spiro atoms. The number of carbonyl (C=O) groups is 1. The summed E-state index contributed by atoms with van der Waals surface area (Å²) in [5.74, 6) is 4.88. The molecule has 16 heavy (non-hydrogen) atoms. The third-order valence-corrected chi connectivity index (χ3v) is 3.39. The second kappa shape index (κ2) is 5.05. The number of fused-ring (bicyclic) bond motifs is 1. The Morgan fingerprint density at radius 3 is 3.00 bits per heavy atom. The number of thiazole rings is 1. The largest absolute Gasteiger partial charge is 0.294 e. The number of carbonyl (C=O) groups excluding carboxylic acids is 1. The summed E-state index contributed by atoms with van der Waals surface area (Å²) in [6, 6.07) is 8.05. The molecule has 1 aromatic heterocycles. The molecular formula is C11H13N3OS. The van der Waals surface area contributed by atoms with E-state index >= 15 is 0 Å². The number of para-hydroxylation sites is 1. The monoisotopic (exact) mass is 235 g/mol. The first kappa shape index (κ1) is 11.0. The number of hydrogen-bond donors (Lipinski definition) is 2. The average molecular weight is 235 g/mol. The molecule has 1 heterocycles. The van der Waals surface area contributed by atoms with Gasteiger partial charge >= 0.3 is 0 Å². The Bertz CT molecular complexity index is 462. The second-order valence-electron chi connectivity index (χ2n) is 3.50. The molecule has 0 saturated heterocycles. The third kappa shape index (κ3) is 2.56. The van der Waals surface area contributed by atoms with E-state index in [1.807, 2.05) is 18.2 Å². The summed E-state index contributed by atoms with van der Waals surface area (Å²) in [7, 11) is 0. The summed E-state index contributed by atoms with van der Waals surface area (Å²) >= 11 is 1.68. The van der Waals surface area contributed by atoms with Gasteiger partial charge in [-0.15, -0.1) is 11.3 Å². The molecule has 0 radical (unpaired) electrons. The molecule has 0 aliphatic rings. The number of aromatic nitrogens is 1. The fraction of sp³-hybridized carbons (Fsp3) is 0.273. The van der Waals surface area contributed by atoms with Gasteiger partial charge in [0.2, 0.25) is 5.91 Å². The van der Waals surface area contributed by atoms with Crippen molar-refractivity contribution in [3.8, 4) is 0 Å². The zero-order chi connectivity index (χ0) is 11.4. The van der Waals surface area contributed by atoms with E-state index in [4.69, 9.17) is 5.84 Å². The van der Waals surface area contributed by atoms with Gasteiger partial charge in [0.15, 0.2) is 0 Å². The van der Waals surface area contributed by atoms with E-state index in [0.29, 0.717) is 6.42 Å². The topological polar surface area (TPSA) is 68.0 Å². The van der Waals surface area contributed by atoms with Gasteiger partial charge in [-0.25, -0.2) is 10.8 Å². The average Bonchev–Trinajstić information content (AvgIpc) is 2.71. The summed E-state index contributed by atoms with van der Waals surface area (Å²) in [5.41, 5.74) is 3.16. The van der Waals surface area contributed by atoms with Crippen LogP contribution in [0.3, 0.4) is 0 Å². The highest BCUT2D eigenvalue weighted by atomic mass is 32.1. The zero-order valence-corrected chi connectivity index (χ0v) is 9.59. The number of nitrogens with zero attached hydrogens (tertiary/aromatic N) is 1. The van der Waals surface area contributed by atoms with Crippen LogP contribution in [0, 0.1) is 0 Å². The van der Waals surface area contributed by atoms with Crippen LogP contribution in [0.15, 0.2) is 24.3 Å². The molecule has 84 valence electrons. The Balaban J connectivity index is 1.97. The number of amides is 1. The van der Waals surface area contributed by atoms with Gasteiger partial charge in [-0.2, -0.15) is 0 Å². The van der Waals surface area contributed by atoms with E-state index in [1.54, 1.807) is 11.3 Å². The van der Waals surface area contributed by atoms with Crippen LogP contribution in [-0.4, -0.2) is 10.9 Å². The summed E-state index contributed by atoms with van der Waals surface area (Å²) < 4.78 is 1.20. The first-order valence-corrected chi connectivity index (χ1v) is 5.95. The Morgan fingerprint density at radius 2 is 2.25 bits per heavy atom. The summed E-state index contributed by atoms with van der Waals surface area (Å²) in [6.45, 7) is 0. The minimum atomic E-state index is -0.124. The maximum atomic E-state index is 10.9. The molecule has 0 aliphatic carbocycles. The van der Waals surface area contributed by atoms with Gasteiger partial charge in [-0.05, 0) is 25.0 Å². The highest BCUT2D eigenvalue weighted by molar-refractivity contribution is 7.18. The van der Waals surface area contributed by atoms with Crippen molar-refractivity contribution < 1.29 is 4.79 Å². The lowest BCUT2D eigenvalue weighted by Gasteiger charge is -1.96. The van der Waals surface area contributed by atoms with Crippen LogP contribution in [0.5, 0.6) is 0 Å². The van der Waals surface area contributed by atoms with Crippen molar-refractivity contribution in [2.24, 2.45) is 5.84 Å². The van der Waals surface area contributed by atoms with Gasteiger partial charge in [0, 0.05) is 6.42 Å². The Kier molecular flexibility index (Phi) is 3.48. The highest BCUT2D eigenvalue weighted by Crippen LogP contribution is 2.22. The van der Waals surface area contributed by atoms with Crippen LogP contribution in [0.25, 0.3) is 10.2 Å². The molecule has 2 aromatic rings. The van der Waals surface area contributed by atoms with Crippen molar-refractivity contribution >= 4 is 27.5 Å². The van der Waals surface area contributed by atoms with Crippen LogP contribution in [0.2, 0.25) is 0 Å². The number of hydrogen-bond acceptors (Lipinski definition) is 4. The van der Waals surface area contributed by atoms with Gasteiger partial charge in [-0.3, -0.25) is 10.2 Å². The number of hydrazine groups is 1. The van der Waals surface area contributed by atoms with E-state index in [2.05, 4.69) is 16.5 Å². The van der Waals surface area contributed by atoms with Crippen molar-refractivity contribution in [1.29, 1.82) is 0 Å². The molecule has 0 atom stereocenters. The molecule has 3 N–H and O–H groups in total. The van der Waals surface area contributed by atoms with Gasteiger partial charge < -0.3 is 0 Å². The molecule has 0 bridgehead atoms. The Hall–Kier alpha value is -1.46. The predicted octanol–water partition coefficient (Wildman–Crippen LogP) is 1.61. The Morgan fingerprint density at radius 1 is 1.44 bits per heavy atom. The maximum absolute atomic E-state index is 10.9. The van der Waals surface area contributed by atoms with E-state index in [1.165, 1.54) is 4.70 Å². The number of nitrogens with two attached hydrogens (primary N) is 1. The quantitative estimate of drug-likeness (QED) is 0.480. The highest BCUT2D eigenvalue weighted by Gasteiger charge is 2.04. The number of nitrogens with one attached hydrogen (secondary N) is 1. The first-order valence-electron chi connectivity index (χ1n) is 5.13. The van der Waals surface area contributed by atoms with Gasteiger partial charge in [0.25, 0.3) is 0 Å².